The summed E-state index contributed by atoms with van der Waals surface area (Å²) in [5.41, 5.74) is 6.53. The average molecular weight is 401 g/mol. The zero-order valence-electron chi connectivity index (χ0n) is 17.3. The number of aromatic nitrogens is 2. The third-order valence-corrected chi connectivity index (χ3v) is 5.55. The monoisotopic (exact) mass is 401 g/mol. The fourth-order valence-electron chi connectivity index (χ4n) is 3.76. The smallest absolute Gasteiger partial charge is 0.225 e. The Balaban J connectivity index is 1.69. The summed E-state index contributed by atoms with van der Waals surface area (Å²) in [5.74, 6) is -0.781. The van der Waals surface area contributed by atoms with Crippen LogP contribution in [0.4, 0.5) is 10.1 Å². The van der Waals surface area contributed by atoms with Crippen molar-refractivity contribution in [3.05, 3.63) is 101 Å². The Labute approximate surface area is 175 Å². The van der Waals surface area contributed by atoms with Crippen LogP contribution in [0.3, 0.4) is 0 Å². The lowest BCUT2D eigenvalue weighted by Crippen LogP contribution is -2.17. The van der Waals surface area contributed by atoms with E-state index in [1.165, 1.54) is 17.7 Å². The van der Waals surface area contributed by atoms with Gasteiger partial charge in [-0.1, -0.05) is 24.3 Å². The van der Waals surface area contributed by atoms with Gasteiger partial charge in [0.2, 0.25) is 5.91 Å². The van der Waals surface area contributed by atoms with E-state index in [1.54, 1.807) is 12.3 Å². The van der Waals surface area contributed by atoms with E-state index in [2.05, 4.69) is 10.3 Å². The van der Waals surface area contributed by atoms with E-state index < -0.39 is 0 Å². The maximum Gasteiger partial charge on any atom is 0.225 e. The van der Waals surface area contributed by atoms with Gasteiger partial charge in [0.15, 0.2) is 0 Å². The number of halogens is 1. The minimum atomic E-state index is -0.330. The van der Waals surface area contributed by atoms with Gasteiger partial charge in [-0.15, -0.1) is 0 Å². The van der Waals surface area contributed by atoms with E-state index in [9.17, 15) is 9.18 Å². The lowest BCUT2D eigenvalue weighted by atomic mass is 9.92. The third-order valence-electron chi connectivity index (χ3n) is 5.55. The van der Waals surface area contributed by atoms with Gasteiger partial charge in [-0.3, -0.25) is 4.79 Å². The Hall–Kier alpha value is -3.47. The third kappa shape index (κ3) is 3.96. The number of aryl methyl sites for hydroxylation is 3. The predicted molar refractivity (Wildman–Crippen MR) is 117 cm³/mol. The molecule has 2 heterocycles. The molecule has 152 valence electrons. The highest BCUT2D eigenvalue weighted by atomic mass is 19.1. The van der Waals surface area contributed by atoms with Crippen LogP contribution in [0.1, 0.15) is 40.3 Å². The quantitative estimate of drug-likeness (QED) is 0.476. The minimum Gasteiger partial charge on any atom is -0.326 e. The number of hydrogen-bond donors (Lipinski definition) is 1. The van der Waals surface area contributed by atoms with E-state index in [1.807, 2.05) is 67.8 Å². The van der Waals surface area contributed by atoms with Crippen LogP contribution in [-0.2, 0) is 4.79 Å². The Morgan fingerprint density at radius 3 is 2.63 bits per heavy atom. The van der Waals surface area contributed by atoms with Crippen LogP contribution >= 0.6 is 0 Å². The topological polar surface area (TPSA) is 46.4 Å². The molecule has 4 rings (SSSR count). The normalized spacial score (nSPS) is 12.1. The first-order valence-electron chi connectivity index (χ1n) is 9.97. The molecule has 2 aromatic heterocycles. The summed E-state index contributed by atoms with van der Waals surface area (Å²) >= 11 is 0. The lowest BCUT2D eigenvalue weighted by Gasteiger charge is -2.18. The molecule has 0 saturated heterocycles. The standard InChI is InChI=1S/C25H24FN3O/c1-16-9-10-21(12-18(16)3)28-24(30)14-22(19-7-4-8-20(26)13-19)23-15-27-25-17(2)6-5-11-29(23)25/h4-13,15,22H,14H2,1-3H3,(H,28,30). The number of nitrogens with one attached hydrogen (secondary N) is 1. The van der Waals surface area contributed by atoms with Crippen LogP contribution < -0.4 is 5.32 Å². The Morgan fingerprint density at radius 1 is 1.03 bits per heavy atom. The zero-order valence-corrected chi connectivity index (χ0v) is 17.3. The number of carbonyl (C=O) groups is 1. The van der Waals surface area contributed by atoms with Gasteiger partial charge in [0.1, 0.15) is 11.5 Å². The highest BCUT2D eigenvalue weighted by Crippen LogP contribution is 2.30. The first-order valence-corrected chi connectivity index (χ1v) is 9.97. The van der Waals surface area contributed by atoms with Gasteiger partial charge in [-0.2, -0.15) is 0 Å². The van der Waals surface area contributed by atoms with Crippen molar-refractivity contribution in [2.24, 2.45) is 0 Å². The van der Waals surface area contributed by atoms with Gasteiger partial charge in [0, 0.05) is 30.4 Å². The fraction of sp³-hybridized carbons (Fsp3) is 0.200. The van der Waals surface area contributed by atoms with Crippen LogP contribution in [0.2, 0.25) is 0 Å². The van der Waals surface area contributed by atoms with Gasteiger partial charge < -0.3 is 9.72 Å². The number of nitrogens with zero attached hydrogens (tertiary/aromatic N) is 2. The fourth-order valence-corrected chi connectivity index (χ4v) is 3.76. The molecule has 5 heteroatoms. The average Bonchev–Trinajstić information content (AvgIpc) is 3.14. The van der Waals surface area contributed by atoms with Gasteiger partial charge in [-0.25, -0.2) is 9.37 Å². The van der Waals surface area contributed by atoms with Gasteiger partial charge in [0.25, 0.3) is 0 Å². The molecule has 4 nitrogen and oxygen atoms in total. The van der Waals surface area contributed by atoms with E-state index in [0.717, 1.165) is 33.7 Å². The Kier molecular flexibility index (Phi) is 5.36. The van der Waals surface area contributed by atoms with Crippen LogP contribution in [-0.4, -0.2) is 15.3 Å². The summed E-state index contributed by atoms with van der Waals surface area (Å²) in [5, 5.41) is 2.98. The van der Waals surface area contributed by atoms with Crippen molar-refractivity contribution >= 4 is 17.2 Å². The van der Waals surface area contributed by atoms with Gasteiger partial charge in [0.05, 0.1) is 5.69 Å². The lowest BCUT2D eigenvalue weighted by molar-refractivity contribution is -0.116. The predicted octanol–water partition coefficient (Wildman–Crippen LogP) is 5.56. The number of rotatable bonds is 5. The molecule has 0 aliphatic heterocycles. The summed E-state index contributed by atoms with van der Waals surface area (Å²) in [4.78, 5) is 17.5. The molecule has 2 aromatic carbocycles. The highest BCUT2D eigenvalue weighted by Gasteiger charge is 2.23. The van der Waals surface area contributed by atoms with Crippen LogP contribution in [0.25, 0.3) is 5.65 Å². The van der Waals surface area contributed by atoms with Crippen molar-refractivity contribution in [2.45, 2.75) is 33.1 Å². The molecule has 1 unspecified atom stereocenters. The second-order valence-corrected chi connectivity index (χ2v) is 7.73. The van der Waals surface area contributed by atoms with E-state index >= 15 is 0 Å². The van der Waals surface area contributed by atoms with Crippen molar-refractivity contribution in [3.8, 4) is 0 Å². The molecule has 30 heavy (non-hydrogen) atoms. The number of benzene rings is 2. The molecular formula is C25H24FN3O. The molecule has 1 atom stereocenters. The second kappa shape index (κ2) is 8.11. The van der Waals surface area contributed by atoms with Crippen molar-refractivity contribution < 1.29 is 9.18 Å². The van der Waals surface area contributed by atoms with E-state index in [4.69, 9.17) is 0 Å². The maximum atomic E-state index is 14.0. The molecule has 4 aromatic rings. The number of hydrogen-bond acceptors (Lipinski definition) is 2. The molecule has 0 aliphatic rings. The molecule has 0 spiro atoms. The Bertz CT molecular complexity index is 1230. The second-order valence-electron chi connectivity index (χ2n) is 7.73. The summed E-state index contributed by atoms with van der Waals surface area (Å²) in [7, 11) is 0. The van der Waals surface area contributed by atoms with E-state index in [-0.39, 0.29) is 24.1 Å². The SMILES string of the molecule is Cc1ccc(NC(=O)CC(c2cccc(F)c2)c2cnc3c(C)cccn23)cc1C. The first-order chi connectivity index (χ1) is 14.4. The molecule has 0 radical (unpaired) electrons. The molecule has 0 fully saturated rings. The van der Waals surface area contributed by atoms with E-state index in [0.29, 0.717) is 0 Å². The molecular weight excluding hydrogens is 377 g/mol. The maximum absolute atomic E-state index is 14.0. The largest absolute Gasteiger partial charge is 0.326 e. The van der Waals surface area contributed by atoms with Gasteiger partial charge in [-0.05, 0) is 73.4 Å². The highest BCUT2D eigenvalue weighted by molar-refractivity contribution is 5.91. The summed E-state index contributed by atoms with van der Waals surface area (Å²) in [6, 6.07) is 16.2. The number of amides is 1. The first kappa shape index (κ1) is 19.8. The van der Waals surface area contributed by atoms with Crippen molar-refractivity contribution in [1.82, 2.24) is 9.38 Å². The molecule has 1 N–H and O–H groups in total. The molecule has 0 saturated carbocycles. The van der Waals surface area contributed by atoms with Crippen LogP contribution in [0, 0.1) is 26.6 Å². The number of anilines is 1. The number of pyridine rings is 1. The van der Waals surface area contributed by atoms with Crippen LogP contribution in [0.5, 0.6) is 0 Å². The summed E-state index contributed by atoms with van der Waals surface area (Å²) < 4.78 is 16.0. The molecule has 0 aliphatic carbocycles. The summed E-state index contributed by atoms with van der Waals surface area (Å²) in [6.07, 6.45) is 3.89. The molecule has 0 bridgehead atoms. The number of imidazole rings is 1. The minimum absolute atomic E-state index is 0.130. The van der Waals surface area contributed by atoms with Crippen molar-refractivity contribution in [2.75, 3.05) is 5.32 Å². The zero-order chi connectivity index (χ0) is 21.3. The number of carbonyl (C=O) groups excluding carboxylic acids is 1. The van der Waals surface area contributed by atoms with Crippen molar-refractivity contribution in [3.63, 3.8) is 0 Å². The Morgan fingerprint density at radius 2 is 1.87 bits per heavy atom. The number of fused-ring (bicyclic) bond motifs is 1. The molecule has 1 amide bonds. The van der Waals surface area contributed by atoms with Crippen molar-refractivity contribution in [1.29, 1.82) is 0 Å². The van der Waals surface area contributed by atoms with Crippen LogP contribution in [0.15, 0.2) is 67.0 Å². The summed E-state index contributed by atoms with van der Waals surface area (Å²) in [6.45, 7) is 6.05. The van der Waals surface area contributed by atoms with Gasteiger partial charge >= 0.3 is 0 Å².